The zero-order valence-corrected chi connectivity index (χ0v) is 11.4. The van der Waals surface area contributed by atoms with E-state index in [1.165, 1.54) is 0 Å². The number of rotatable bonds is 5. The third kappa shape index (κ3) is 4.21. The third-order valence-electron chi connectivity index (χ3n) is 2.40. The number of nitrogens with zero attached hydrogens (tertiary/aromatic N) is 1. The van der Waals surface area contributed by atoms with E-state index in [9.17, 15) is 4.79 Å². The maximum Gasteiger partial charge on any atom is 0.181 e. The zero-order valence-electron chi connectivity index (χ0n) is 11.4. The first-order chi connectivity index (χ1) is 8.54. The lowest BCUT2D eigenvalue weighted by molar-refractivity contribution is 0.0962. The fraction of sp³-hybridized carbons (Fsp3) is 0.467. The smallest absolute Gasteiger partial charge is 0.181 e. The van der Waals surface area contributed by atoms with Crippen molar-refractivity contribution in [2.75, 3.05) is 6.61 Å². The van der Waals surface area contributed by atoms with Gasteiger partial charge in [0.25, 0.3) is 0 Å². The molecule has 96 valence electrons. The van der Waals surface area contributed by atoms with Gasteiger partial charge in [-0.3, -0.25) is 4.79 Å². The summed E-state index contributed by atoms with van der Waals surface area (Å²) in [5.74, 6) is 6.64. The van der Waals surface area contributed by atoms with Gasteiger partial charge >= 0.3 is 0 Å². The molecule has 1 heterocycles. The summed E-state index contributed by atoms with van der Waals surface area (Å²) in [6.45, 7) is 8.03. The molecule has 0 atom stereocenters. The average molecular weight is 245 g/mol. The van der Waals surface area contributed by atoms with Crippen LogP contribution in [0.2, 0.25) is 0 Å². The largest absolute Gasteiger partial charge is 0.479 e. The molecule has 0 amide bonds. The summed E-state index contributed by atoms with van der Waals surface area (Å²) in [6.07, 6.45) is 2.10. The van der Waals surface area contributed by atoms with Crippen LogP contribution < -0.4 is 4.74 Å². The first-order valence-corrected chi connectivity index (χ1v) is 6.06. The second-order valence-electron chi connectivity index (χ2n) is 4.57. The van der Waals surface area contributed by atoms with Crippen LogP contribution in [0.3, 0.4) is 0 Å². The average Bonchev–Trinajstić information content (AvgIpc) is 2.28. The molecular formula is C15H19NO2. The fourth-order valence-electron chi connectivity index (χ4n) is 1.58. The van der Waals surface area contributed by atoms with E-state index in [4.69, 9.17) is 4.74 Å². The molecule has 3 heteroatoms. The number of carbonyl (C=O) groups excluding carboxylic acids is 1. The predicted molar refractivity (Wildman–Crippen MR) is 71.7 cm³/mol. The molecule has 0 saturated heterocycles. The molecule has 0 unspecified atom stereocenters. The van der Waals surface area contributed by atoms with E-state index in [0.717, 1.165) is 5.56 Å². The summed E-state index contributed by atoms with van der Waals surface area (Å²) in [5, 5.41) is 0. The summed E-state index contributed by atoms with van der Waals surface area (Å²) in [6, 6.07) is 1.83. The highest BCUT2D eigenvalue weighted by Crippen LogP contribution is 2.17. The summed E-state index contributed by atoms with van der Waals surface area (Å²) in [5.41, 5.74) is 1.39. The van der Waals surface area contributed by atoms with E-state index < -0.39 is 0 Å². The van der Waals surface area contributed by atoms with Crippen LogP contribution in [0, 0.1) is 24.7 Å². The van der Waals surface area contributed by atoms with Crippen LogP contribution in [0.25, 0.3) is 0 Å². The Balaban J connectivity index is 2.78. The van der Waals surface area contributed by atoms with E-state index in [1.54, 1.807) is 13.1 Å². The third-order valence-corrected chi connectivity index (χ3v) is 2.40. The topological polar surface area (TPSA) is 39.2 Å². The zero-order chi connectivity index (χ0) is 13.5. The van der Waals surface area contributed by atoms with Gasteiger partial charge in [-0.1, -0.05) is 19.8 Å². The molecule has 0 radical (unpaired) electrons. The Labute approximate surface area is 109 Å². The van der Waals surface area contributed by atoms with E-state index >= 15 is 0 Å². The van der Waals surface area contributed by atoms with Gasteiger partial charge in [0.1, 0.15) is 18.1 Å². The highest BCUT2D eigenvalue weighted by molar-refractivity contribution is 5.95. The number of hydrogen-bond donors (Lipinski definition) is 0. The SMILES string of the molecule is CC#CCOc1cnc(C(=O)CC(C)C)c(C)c1. The van der Waals surface area contributed by atoms with Crippen LogP contribution in [0.15, 0.2) is 12.3 Å². The van der Waals surface area contributed by atoms with Gasteiger partial charge in [0.2, 0.25) is 0 Å². The van der Waals surface area contributed by atoms with Crippen molar-refractivity contribution < 1.29 is 9.53 Å². The molecule has 0 spiro atoms. The van der Waals surface area contributed by atoms with Crippen molar-refractivity contribution in [2.24, 2.45) is 5.92 Å². The molecule has 18 heavy (non-hydrogen) atoms. The van der Waals surface area contributed by atoms with Crippen molar-refractivity contribution in [2.45, 2.75) is 34.1 Å². The van der Waals surface area contributed by atoms with Crippen LogP contribution in [0.5, 0.6) is 5.75 Å². The van der Waals surface area contributed by atoms with E-state index in [2.05, 4.69) is 16.8 Å². The minimum Gasteiger partial charge on any atom is -0.479 e. The van der Waals surface area contributed by atoms with Crippen molar-refractivity contribution in [1.82, 2.24) is 4.98 Å². The van der Waals surface area contributed by atoms with Gasteiger partial charge in [0.15, 0.2) is 5.78 Å². The van der Waals surface area contributed by atoms with Crippen molar-refractivity contribution in [3.8, 4) is 17.6 Å². The molecule has 0 aromatic carbocycles. The second-order valence-corrected chi connectivity index (χ2v) is 4.57. The first kappa shape index (κ1) is 14.2. The van der Waals surface area contributed by atoms with E-state index in [-0.39, 0.29) is 5.78 Å². The van der Waals surface area contributed by atoms with E-state index in [1.807, 2.05) is 26.8 Å². The molecule has 0 aliphatic rings. The van der Waals surface area contributed by atoms with Gasteiger partial charge in [0, 0.05) is 6.42 Å². The minimum absolute atomic E-state index is 0.0856. The maximum absolute atomic E-state index is 11.9. The lowest BCUT2D eigenvalue weighted by atomic mass is 10.0. The summed E-state index contributed by atoms with van der Waals surface area (Å²) >= 11 is 0. The maximum atomic E-state index is 11.9. The molecular weight excluding hydrogens is 226 g/mol. The normalized spacial score (nSPS) is 9.83. The number of aromatic nitrogens is 1. The van der Waals surface area contributed by atoms with Crippen LogP contribution in [-0.4, -0.2) is 17.4 Å². The molecule has 0 saturated carbocycles. The van der Waals surface area contributed by atoms with Gasteiger partial charge in [-0.05, 0) is 31.4 Å². The van der Waals surface area contributed by atoms with Crippen molar-refractivity contribution in [1.29, 1.82) is 0 Å². The van der Waals surface area contributed by atoms with E-state index in [0.29, 0.717) is 30.4 Å². The summed E-state index contributed by atoms with van der Waals surface area (Å²) in [7, 11) is 0. The predicted octanol–water partition coefficient (Wildman–Crippen LogP) is 3.02. The number of pyridine rings is 1. The minimum atomic E-state index is 0.0856. The Morgan fingerprint density at radius 3 is 2.78 bits per heavy atom. The molecule has 0 fully saturated rings. The number of ketones is 1. The standard InChI is InChI=1S/C15H19NO2/c1-5-6-7-18-13-9-12(4)15(16-10-13)14(17)8-11(2)3/h9-11H,7-8H2,1-4H3. The van der Waals surface area contributed by atoms with Gasteiger partial charge in [-0.2, -0.15) is 0 Å². The summed E-state index contributed by atoms with van der Waals surface area (Å²) < 4.78 is 5.40. The van der Waals surface area contributed by atoms with Crippen LogP contribution in [-0.2, 0) is 0 Å². The Morgan fingerprint density at radius 1 is 1.50 bits per heavy atom. The quantitative estimate of drug-likeness (QED) is 0.591. The molecule has 1 aromatic heterocycles. The highest BCUT2D eigenvalue weighted by atomic mass is 16.5. The molecule has 0 N–H and O–H groups in total. The van der Waals surface area contributed by atoms with Crippen molar-refractivity contribution in [3.05, 3.63) is 23.5 Å². The number of Topliss-reactive ketones (excluding diaryl/α,β-unsaturated/α-hetero) is 1. The fourth-order valence-corrected chi connectivity index (χ4v) is 1.58. The Morgan fingerprint density at radius 2 is 2.22 bits per heavy atom. The molecule has 1 aromatic rings. The number of ether oxygens (including phenoxy) is 1. The molecule has 0 aliphatic carbocycles. The van der Waals surface area contributed by atoms with Gasteiger partial charge in [0.05, 0.1) is 6.20 Å². The van der Waals surface area contributed by atoms with Crippen molar-refractivity contribution >= 4 is 5.78 Å². The molecule has 0 aliphatic heterocycles. The second kappa shape index (κ2) is 6.80. The van der Waals surface area contributed by atoms with Crippen LogP contribution >= 0.6 is 0 Å². The molecule has 3 nitrogen and oxygen atoms in total. The molecule has 1 rings (SSSR count). The summed E-state index contributed by atoms with van der Waals surface area (Å²) in [4.78, 5) is 16.1. The lowest BCUT2D eigenvalue weighted by Gasteiger charge is -2.08. The van der Waals surface area contributed by atoms with Crippen LogP contribution in [0.1, 0.15) is 43.2 Å². The highest BCUT2D eigenvalue weighted by Gasteiger charge is 2.13. The number of carbonyl (C=O) groups is 1. The first-order valence-electron chi connectivity index (χ1n) is 6.06. The number of hydrogen-bond acceptors (Lipinski definition) is 3. The Kier molecular flexibility index (Phi) is 5.38. The van der Waals surface area contributed by atoms with Gasteiger partial charge < -0.3 is 4.74 Å². The van der Waals surface area contributed by atoms with Gasteiger partial charge in [-0.15, -0.1) is 5.92 Å². The molecule has 0 bridgehead atoms. The van der Waals surface area contributed by atoms with Crippen LogP contribution in [0.4, 0.5) is 0 Å². The van der Waals surface area contributed by atoms with Gasteiger partial charge in [-0.25, -0.2) is 4.98 Å². The van der Waals surface area contributed by atoms with Crippen molar-refractivity contribution in [3.63, 3.8) is 0 Å². The monoisotopic (exact) mass is 245 g/mol. The Hall–Kier alpha value is -1.82. The lowest BCUT2D eigenvalue weighted by Crippen LogP contribution is -2.08. The Bertz CT molecular complexity index is 481. The number of aryl methyl sites for hydroxylation is 1.